The highest BCUT2D eigenvalue weighted by Crippen LogP contribution is 2.01. The van der Waals surface area contributed by atoms with E-state index >= 15 is 0 Å². The van der Waals surface area contributed by atoms with Gasteiger partial charge in [0.2, 0.25) is 5.91 Å². The number of nitrogens with zero attached hydrogens (tertiary/aromatic N) is 2. The first-order valence-electron chi connectivity index (χ1n) is 4.56. The first-order chi connectivity index (χ1) is 6.77. The van der Waals surface area contributed by atoms with Crippen LogP contribution in [-0.4, -0.2) is 28.1 Å². The summed E-state index contributed by atoms with van der Waals surface area (Å²) < 4.78 is 0. The second-order valence-electron chi connectivity index (χ2n) is 2.89. The van der Waals surface area contributed by atoms with Crippen LogP contribution in [0, 0.1) is 0 Å². The molecule has 0 bridgehead atoms. The van der Waals surface area contributed by atoms with Gasteiger partial charge in [0, 0.05) is 12.7 Å². The van der Waals surface area contributed by atoms with Gasteiger partial charge < -0.3 is 4.90 Å². The fourth-order valence-electron chi connectivity index (χ4n) is 1.16. The van der Waals surface area contributed by atoms with Gasteiger partial charge in [-0.25, -0.2) is 0 Å². The highest BCUT2D eigenvalue weighted by molar-refractivity contribution is 7.81. The Hall–Kier alpha value is -1.03. The summed E-state index contributed by atoms with van der Waals surface area (Å²) in [4.78, 5) is 17.3. The fraction of sp³-hybridized carbons (Fsp3) is 0.400. The minimum absolute atomic E-state index is 0.0430. The van der Waals surface area contributed by atoms with E-state index in [1.54, 1.807) is 11.1 Å². The van der Waals surface area contributed by atoms with Gasteiger partial charge in [0.05, 0.1) is 18.0 Å². The van der Waals surface area contributed by atoms with Gasteiger partial charge in [-0.2, -0.15) is 12.6 Å². The maximum Gasteiger partial charge on any atom is 0.232 e. The molecule has 0 aliphatic rings. The standard InChI is InChI=1S/C10H14N2OS/c1-2-12(10(13)8-14)7-9-5-3-4-6-11-9/h3-6,14H,2,7-8H2,1H3. The van der Waals surface area contributed by atoms with E-state index in [1.807, 2.05) is 25.1 Å². The summed E-state index contributed by atoms with van der Waals surface area (Å²) in [6.45, 7) is 3.21. The quantitative estimate of drug-likeness (QED) is 0.761. The molecule has 0 saturated carbocycles. The van der Waals surface area contributed by atoms with Gasteiger partial charge in [-0.3, -0.25) is 9.78 Å². The van der Waals surface area contributed by atoms with E-state index in [0.29, 0.717) is 13.1 Å². The third-order valence-electron chi connectivity index (χ3n) is 1.95. The van der Waals surface area contributed by atoms with Crippen LogP contribution in [0.1, 0.15) is 12.6 Å². The summed E-state index contributed by atoms with van der Waals surface area (Å²) in [5, 5.41) is 0. The second-order valence-corrected chi connectivity index (χ2v) is 3.20. The van der Waals surface area contributed by atoms with E-state index < -0.39 is 0 Å². The molecule has 0 aliphatic heterocycles. The van der Waals surface area contributed by atoms with E-state index in [0.717, 1.165) is 5.69 Å². The van der Waals surface area contributed by atoms with Crippen molar-refractivity contribution < 1.29 is 4.79 Å². The van der Waals surface area contributed by atoms with Gasteiger partial charge in [0.25, 0.3) is 0 Å². The van der Waals surface area contributed by atoms with Gasteiger partial charge in [0.1, 0.15) is 0 Å². The zero-order valence-electron chi connectivity index (χ0n) is 8.18. The van der Waals surface area contributed by atoms with Crippen LogP contribution in [0.4, 0.5) is 0 Å². The van der Waals surface area contributed by atoms with Crippen molar-refractivity contribution in [2.75, 3.05) is 12.3 Å². The van der Waals surface area contributed by atoms with Crippen molar-refractivity contribution in [1.29, 1.82) is 0 Å². The lowest BCUT2D eigenvalue weighted by Gasteiger charge is -2.19. The number of carbonyl (C=O) groups is 1. The Balaban J connectivity index is 2.62. The van der Waals surface area contributed by atoms with Crippen molar-refractivity contribution in [1.82, 2.24) is 9.88 Å². The number of aromatic nitrogens is 1. The summed E-state index contributed by atoms with van der Waals surface area (Å²) >= 11 is 3.96. The molecule has 1 rings (SSSR count). The number of rotatable bonds is 4. The largest absolute Gasteiger partial charge is 0.336 e. The lowest BCUT2D eigenvalue weighted by Crippen LogP contribution is -2.31. The Morgan fingerprint density at radius 2 is 2.36 bits per heavy atom. The fourth-order valence-corrected chi connectivity index (χ4v) is 1.36. The number of thiol groups is 1. The lowest BCUT2D eigenvalue weighted by molar-refractivity contribution is -0.128. The molecule has 3 nitrogen and oxygen atoms in total. The van der Waals surface area contributed by atoms with Gasteiger partial charge in [-0.1, -0.05) is 6.07 Å². The molecule has 1 aromatic rings. The molecule has 76 valence electrons. The van der Waals surface area contributed by atoms with Crippen LogP contribution in [0.15, 0.2) is 24.4 Å². The second kappa shape index (κ2) is 5.65. The minimum atomic E-state index is 0.0430. The SMILES string of the molecule is CCN(Cc1ccccn1)C(=O)CS. The predicted octanol–water partition coefficient (Wildman–Crippen LogP) is 1.36. The Labute approximate surface area is 89.6 Å². The van der Waals surface area contributed by atoms with Crippen molar-refractivity contribution in [3.05, 3.63) is 30.1 Å². The van der Waals surface area contributed by atoms with Crippen LogP contribution in [0.3, 0.4) is 0 Å². The van der Waals surface area contributed by atoms with Crippen molar-refractivity contribution >= 4 is 18.5 Å². The van der Waals surface area contributed by atoms with Crippen molar-refractivity contribution in [3.8, 4) is 0 Å². The Morgan fingerprint density at radius 3 is 2.86 bits per heavy atom. The van der Waals surface area contributed by atoms with Crippen LogP contribution in [0.2, 0.25) is 0 Å². The van der Waals surface area contributed by atoms with Crippen molar-refractivity contribution in [2.45, 2.75) is 13.5 Å². The Kier molecular flexibility index (Phi) is 4.46. The minimum Gasteiger partial charge on any atom is -0.336 e. The molecule has 0 aromatic carbocycles. The molecular formula is C10H14N2OS. The van der Waals surface area contributed by atoms with Crippen LogP contribution < -0.4 is 0 Å². The van der Waals surface area contributed by atoms with Crippen LogP contribution in [0.5, 0.6) is 0 Å². The molecular weight excluding hydrogens is 196 g/mol. The molecule has 1 heterocycles. The first kappa shape index (κ1) is 11.0. The molecule has 0 spiro atoms. The lowest BCUT2D eigenvalue weighted by atomic mass is 10.3. The predicted molar refractivity (Wildman–Crippen MR) is 59.2 cm³/mol. The van der Waals surface area contributed by atoms with E-state index in [9.17, 15) is 4.79 Å². The maximum absolute atomic E-state index is 11.4. The van der Waals surface area contributed by atoms with E-state index in [4.69, 9.17) is 0 Å². The molecule has 0 radical (unpaired) electrons. The monoisotopic (exact) mass is 210 g/mol. The molecule has 0 atom stereocenters. The van der Waals surface area contributed by atoms with Crippen LogP contribution in [-0.2, 0) is 11.3 Å². The number of hydrogen-bond donors (Lipinski definition) is 1. The molecule has 0 saturated heterocycles. The summed E-state index contributed by atoms with van der Waals surface area (Å²) in [7, 11) is 0. The maximum atomic E-state index is 11.4. The molecule has 0 aliphatic carbocycles. The van der Waals surface area contributed by atoms with Gasteiger partial charge in [0.15, 0.2) is 0 Å². The number of carbonyl (C=O) groups excluding carboxylic acids is 1. The van der Waals surface area contributed by atoms with Gasteiger partial charge in [-0.15, -0.1) is 0 Å². The Morgan fingerprint density at radius 1 is 1.57 bits per heavy atom. The van der Waals surface area contributed by atoms with E-state index in [2.05, 4.69) is 17.6 Å². The number of amides is 1. The first-order valence-corrected chi connectivity index (χ1v) is 5.19. The van der Waals surface area contributed by atoms with Crippen LogP contribution >= 0.6 is 12.6 Å². The summed E-state index contributed by atoms with van der Waals surface area (Å²) in [6, 6.07) is 5.69. The normalized spacial score (nSPS) is 9.86. The molecule has 0 fully saturated rings. The molecule has 0 N–H and O–H groups in total. The van der Waals surface area contributed by atoms with Gasteiger partial charge >= 0.3 is 0 Å². The number of pyridine rings is 1. The third-order valence-corrected chi connectivity index (χ3v) is 2.22. The van der Waals surface area contributed by atoms with Crippen molar-refractivity contribution in [2.24, 2.45) is 0 Å². The smallest absolute Gasteiger partial charge is 0.232 e. The average Bonchev–Trinajstić information content (AvgIpc) is 2.26. The van der Waals surface area contributed by atoms with E-state index in [-0.39, 0.29) is 11.7 Å². The molecule has 14 heavy (non-hydrogen) atoms. The third kappa shape index (κ3) is 3.03. The van der Waals surface area contributed by atoms with Gasteiger partial charge in [-0.05, 0) is 19.1 Å². The zero-order chi connectivity index (χ0) is 10.4. The highest BCUT2D eigenvalue weighted by atomic mass is 32.1. The zero-order valence-corrected chi connectivity index (χ0v) is 9.08. The summed E-state index contributed by atoms with van der Waals surface area (Å²) in [5.74, 6) is 0.294. The topological polar surface area (TPSA) is 33.2 Å². The molecule has 0 unspecified atom stereocenters. The van der Waals surface area contributed by atoms with E-state index in [1.165, 1.54) is 0 Å². The van der Waals surface area contributed by atoms with Crippen LogP contribution in [0.25, 0.3) is 0 Å². The molecule has 1 amide bonds. The number of hydrogen-bond acceptors (Lipinski definition) is 3. The van der Waals surface area contributed by atoms with Crippen molar-refractivity contribution in [3.63, 3.8) is 0 Å². The summed E-state index contributed by atoms with van der Waals surface area (Å²) in [5.41, 5.74) is 0.907. The highest BCUT2D eigenvalue weighted by Gasteiger charge is 2.09. The molecule has 1 aromatic heterocycles. The summed E-state index contributed by atoms with van der Waals surface area (Å²) in [6.07, 6.45) is 1.73. The average molecular weight is 210 g/mol. The molecule has 4 heteroatoms. The Bertz CT molecular complexity index is 289.